The molecular formula is C19H22ClNO6S. The molecule has 152 valence electrons. The normalized spacial score (nSPS) is 11.0. The SMILES string of the molecule is CCOC(=O)CN(c1cc(Cl)ccc1OC)S(=O)(=O)c1ccc(OCC)cc1. The van der Waals surface area contributed by atoms with E-state index in [9.17, 15) is 13.2 Å². The van der Waals surface area contributed by atoms with Gasteiger partial charge in [0, 0.05) is 5.02 Å². The predicted molar refractivity (Wildman–Crippen MR) is 107 cm³/mol. The molecule has 0 fully saturated rings. The van der Waals surface area contributed by atoms with E-state index in [0.29, 0.717) is 17.4 Å². The Morgan fingerprint density at radius 1 is 1.07 bits per heavy atom. The molecule has 0 radical (unpaired) electrons. The fourth-order valence-corrected chi connectivity index (χ4v) is 4.06. The maximum absolute atomic E-state index is 13.3. The molecule has 0 heterocycles. The second-order valence-electron chi connectivity index (χ2n) is 5.54. The van der Waals surface area contributed by atoms with Crippen molar-refractivity contribution in [2.75, 3.05) is 31.2 Å². The number of sulfonamides is 1. The van der Waals surface area contributed by atoms with Crippen LogP contribution in [0.25, 0.3) is 0 Å². The molecule has 0 N–H and O–H groups in total. The molecule has 0 unspecified atom stereocenters. The summed E-state index contributed by atoms with van der Waals surface area (Å²) in [5, 5.41) is 0.298. The lowest BCUT2D eigenvalue weighted by Gasteiger charge is -2.25. The summed E-state index contributed by atoms with van der Waals surface area (Å²) in [4.78, 5) is 12.1. The molecular weight excluding hydrogens is 406 g/mol. The van der Waals surface area contributed by atoms with Crippen LogP contribution in [0.4, 0.5) is 5.69 Å². The lowest BCUT2D eigenvalue weighted by Crippen LogP contribution is -2.37. The number of nitrogens with zero attached hydrogens (tertiary/aromatic N) is 1. The van der Waals surface area contributed by atoms with Crippen molar-refractivity contribution in [1.29, 1.82) is 0 Å². The van der Waals surface area contributed by atoms with E-state index in [-0.39, 0.29) is 22.9 Å². The van der Waals surface area contributed by atoms with Gasteiger partial charge in [0.15, 0.2) is 0 Å². The van der Waals surface area contributed by atoms with Crippen LogP contribution in [0.1, 0.15) is 13.8 Å². The summed E-state index contributed by atoms with van der Waals surface area (Å²) >= 11 is 6.06. The minimum absolute atomic E-state index is 0.0118. The van der Waals surface area contributed by atoms with Gasteiger partial charge in [-0.05, 0) is 56.3 Å². The Bertz CT molecular complexity index is 915. The van der Waals surface area contributed by atoms with Crippen molar-refractivity contribution in [2.45, 2.75) is 18.7 Å². The monoisotopic (exact) mass is 427 g/mol. The molecule has 0 aliphatic carbocycles. The minimum Gasteiger partial charge on any atom is -0.495 e. The van der Waals surface area contributed by atoms with E-state index in [1.165, 1.54) is 31.4 Å². The lowest BCUT2D eigenvalue weighted by molar-refractivity contribution is -0.141. The zero-order valence-electron chi connectivity index (χ0n) is 15.8. The molecule has 2 rings (SSSR count). The number of anilines is 1. The highest BCUT2D eigenvalue weighted by Gasteiger charge is 2.30. The maximum atomic E-state index is 13.3. The zero-order valence-corrected chi connectivity index (χ0v) is 17.4. The van der Waals surface area contributed by atoms with Crippen molar-refractivity contribution in [1.82, 2.24) is 0 Å². The summed E-state index contributed by atoms with van der Waals surface area (Å²) in [7, 11) is -2.71. The number of halogens is 1. The van der Waals surface area contributed by atoms with Crippen molar-refractivity contribution in [2.24, 2.45) is 0 Å². The number of ether oxygens (including phenoxy) is 3. The van der Waals surface area contributed by atoms with Gasteiger partial charge in [0.25, 0.3) is 10.0 Å². The second-order valence-corrected chi connectivity index (χ2v) is 7.84. The summed E-state index contributed by atoms with van der Waals surface area (Å²) in [5.41, 5.74) is 0.136. The molecule has 0 aliphatic rings. The average molecular weight is 428 g/mol. The van der Waals surface area contributed by atoms with Gasteiger partial charge in [-0.1, -0.05) is 11.6 Å². The zero-order chi connectivity index (χ0) is 20.7. The molecule has 7 nitrogen and oxygen atoms in total. The highest BCUT2D eigenvalue weighted by Crippen LogP contribution is 2.35. The predicted octanol–water partition coefficient (Wildman–Crippen LogP) is 3.51. The third-order valence-corrected chi connectivity index (χ3v) is 5.72. The van der Waals surface area contributed by atoms with Crippen molar-refractivity contribution in [3.05, 3.63) is 47.5 Å². The van der Waals surface area contributed by atoms with Crippen LogP contribution in [0.3, 0.4) is 0 Å². The van der Waals surface area contributed by atoms with E-state index in [4.69, 9.17) is 25.8 Å². The summed E-state index contributed by atoms with van der Waals surface area (Å²) < 4.78 is 43.1. The Morgan fingerprint density at radius 3 is 2.32 bits per heavy atom. The molecule has 2 aromatic rings. The summed E-state index contributed by atoms with van der Waals surface area (Å²) in [6, 6.07) is 10.4. The maximum Gasteiger partial charge on any atom is 0.326 e. The molecule has 0 saturated heterocycles. The van der Waals surface area contributed by atoms with Gasteiger partial charge in [0.2, 0.25) is 0 Å². The summed E-state index contributed by atoms with van der Waals surface area (Å²) in [5.74, 6) is 0.0981. The van der Waals surface area contributed by atoms with Crippen molar-refractivity contribution < 1.29 is 27.4 Å². The number of hydrogen-bond donors (Lipinski definition) is 0. The number of methoxy groups -OCH3 is 1. The molecule has 9 heteroatoms. The van der Waals surface area contributed by atoms with Gasteiger partial charge in [0.05, 0.1) is 30.9 Å². The molecule has 0 spiro atoms. The number of carbonyl (C=O) groups excluding carboxylic acids is 1. The van der Waals surface area contributed by atoms with Gasteiger partial charge in [-0.25, -0.2) is 8.42 Å². The van der Waals surface area contributed by atoms with Gasteiger partial charge in [-0.3, -0.25) is 9.10 Å². The van der Waals surface area contributed by atoms with Gasteiger partial charge in [-0.2, -0.15) is 0 Å². The second kappa shape index (κ2) is 9.66. The molecule has 0 atom stereocenters. The van der Waals surface area contributed by atoms with Crippen LogP contribution in [0, 0.1) is 0 Å². The molecule has 0 saturated carbocycles. The molecule has 0 aromatic heterocycles. The molecule has 0 amide bonds. The average Bonchev–Trinajstić information content (AvgIpc) is 2.67. The Balaban J connectivity index is 2.54. The Morgan fingerprint density at radius 2 is 1.75 bits per heavy atom. The molecule has 28 heavy (non-hydrogen) atoms. The van der Waals surface area contributed by atoms with E-state index in [1.54, 1.807) is 25.1 Å². The van der Waals surface area contributed by atoms with Crippen LogP contribution in [-0.4, -0.2) is 41.3 Å². The number of benzene rings is 2. The van der Waals surface area contributed by atoms with Gasteiger partial charge >= 0.3 is 5.97 Å². The fourth-order valence-electron chi connectivity index (χ4n) is 2.48. The minimum atomic E-state index is -4.11. The highest BCUT2D eigenvalue weighted by molar-refractivity contribution is 7.92. The number of carbonyl (C=O) groups is 1. The standard InChI is InChI=1S/C19H22ClNO6S/c1-4-26-15-7-9-16(10-8-15)28(23,24)21(13-19(22)27-5-2)17-12-14(20)6-11-18(17)25-3/h6-12H,4-5,13H2,1-3H3. The fraction of sp³-hybridized carbons (Fsp3) is 0.316. The quantitative estimate of drug-likeness (QED) is 0.569. The Hall–Kier alpha value is -2.45. The van der Waals surface area contributed by atoms with E-state index in [1.807, 2.05) is 6.92 Å². The van der Waals surface area contributed by atoms with Crippen LogP contribution in [-0.2, 0) is 19.6 Å². The van der Waals surface area contributed by atoms with E-state index < -0.39 is 22.5 Å². The number of hydrogen-bond acceptors (Lipinski definition) is 6. The largest absolute Gasteiger partial charge is 0.495 e. The Kier molecular flexibility index (Phi) is 7.53. The molecule has 0 aliphatic heterocycles. The van der Waals surface area contributed by atoms with Crippen LogP contribution in [0.2, 0.25) is 5.02 Å². The first-order valence-corrected chi connectivity index (χ1v) is 10.4. The van der Waals surface area contributed by atoms with Crippen molar-refractivity contribution >= 4 is 33.3 Å². The topological polar surface area (TPSA) is 82.1 Å². The Labute approximate surface area is 169 Å². The van der Waals surface area contributed by atoms with Crippen LogP contribution >= 0.6 is 11.6 Å². The highest BCUT2D eigenvalue weighted by atomic mass is 35.5. The van der Waals surface area contributed by atoms with Gasteiger partial charge in [-0.15, -0.1) is 0 Å². The first kappa shape index (κ1) is 21.8. The van der Waals surface area contributed by atoms with Crippen molar-refractivity contribution in [3.63, 3.8) is 0 Å². The third-order valence-electron chi connectivity index (χ3n) is 3.71. The number of rotatable bonds is 9. The van der Waals surface area contributed by atoms with Crippen molar-refractivity contribution in [3.8, 4) is 11.5 Å². The van der Waals surface area contributed by atoms with Gasteiger partial charge < -0.3 is 14.2 Å². The van der Waals surface area contributed by atoms with Crippen LogP contribution < -0.4 is 13.8 Å². The van der Waals surface area contributed by atoms with Gasteiger partial charge in [0.1, 0.15) is 18.0 Å². The van der Waals surface area contributed by atoms with Crippen LogP contribution in [0.15, 0.2) is 47.4 Å². The first-order chi connectivity index (χ1) is 13.3. The van der Waals surface area contributed by atoms with E-state index >= 15 is 0 Å². The van der Waals surface area contributed by atoms with E-state index in [0.717, 1.165) is 4.31 Å². The molecule has 2 aromatic carbocycles. The smallest absolute Gasteiger partial charge is 0.326 e. The van der Waals surface area contributed by atoms with Crippen LogP contribution in [0.5, 0.6) is 11.5 Å². The first-order valence-electron chi connectivity index (χ1n) is 8.58. The summed E-state index contributed by atoms with van der Waals surface area (Å²) in [6.45, 7) is 3.53. The van der Waals surface area contributed by atoms with E-state index in [2.05, 4.69) is 0 Å². The number of esters is 1. The molecule has 0 bridgehead atoms. The summed E-state index contributed by atoms with van der Waals surface area (Å²) in [6.07, 6.45) is 0. The lowest BCUT2D eigenvalue weighted by atomic mass is 10.3. The third kappa shape index (κ3) is 5.08.